The number of urea groups is 1. The zero-order chi connectivity index (χ0) is 20.1. The summed E-state index contributed by atoms with van der Waals surface area (Å²) in [6.45, 7) is 1.74. The van der Waals surface area contributed by atoms with Crippen molar-refractivity contribution in [3.8, 4) is 0 Å². The first-order valence-electron chi connectivity index (χ1n) is 9.57. The summed E-state index contributed by atoms with van der Waals surface area (Å²) in [5, 5.41) is 12.1. The molecule has 0 saturated heterocycles. The number of amides is 2. The zero-order valence-corrected chi connectivity index (χ0v) is 16.4. The van der Waals surface area contributed by atoms with E-state index >= 15 is 0 Å². The van der Waals surface area contributed by atoms with Crippen molar-refractivity contribution in [3.05, 3.63) is 64.7 Å². The first-order valence-corrected chi connectivity index (χ1v) is 9.57. The molecule has 0 aromatic heterocycles. The van der Waals surface area contributed by atoms with Gasteiger partial charge < -0.3 is 20.2 Å². The van der Waals surface area contributed by atoms with Crippen LogP contribution in [-0.4, -0.2) is 54.1 Å². The Morgan fingerprint density at radius 3 is 2.39 bits per heavy atom. The average Bonchev–Trinajstić information content (AvgIpc) is 3.13. The fourth-order valence-electron chi connectivity index (χ4n) is 3.40. The van der Waals surface area contributed by atoms with E-state index in [2.05, 4.69) is 17.4 Å². The van der Waals surface area contributed by atoms with Gasteiger partial charge in [0.2, 0.25) is 0 Å². The third kappa shape index (κ3) is 5.10. The fraction of sp³-hybridized carbons (Fsp3) is 0.364. The van der Waals surface area contributed by atoms with Crippen LogP contribution >= 0.6 is 0 Å². The quantitative estimate of drug-likeness (QED) is 0.770. The van der Waals surface area contributed by atoms with Gasteiger partial charge in [-0.15, -0.1) is 0 Å². The normalized spacial score (nSPS) is 12.7. The Balaban J connectivity index is 1.70. The molecule has 1 aliphatic rings. The number of carboxylic acids is 1. The lowest BCUT2D eigenvalue weighted by atomic mass is 10.1. The molecular weight excluding hydrogens is 354 g/mol. The monoisotopic (exact) mass is 381 g/mol. The van der Waals surface area contributed by atoms with Crippen LogP contribution in [0.15, 0.2) is 42.5 Å². The number of likely N-dealkylation sites (N-methyl/N-ethyl adjacent to an activating group) is 1. The molecule has 0 spiro atoms. The maximum atomic E-state index is 12.9. The van der Waals surface area contributed by atoms with Gasteiger partial charge in [-0.1, -0.05) is 18.2 Å². The van der Waals surface area contributed by atoms with Gasteiger partial charge in [0.05, 0.1) is 5.56 Å². The number of carboxylic acid groups (broad SMARTS) is 1. The molecule has 2 N–H and O–H groups in total. The number of nitrogens with one attached hydrogen (secondary N) is 1. The molecule has 148 valence electrons. The molecule has 0 atom stereocenters. The molecule has 0 bridgehead atoms. The van der Waals surface area contributed by atoms with Crippen LogP contribution < -0.4 is 5.32 Å². The van der Waals surface area contributed by atoms with Crippen molar-refractivity contribution < 1.29 is 14.7 Å². The Labute approximate surface area is 165 Å². The van der Waals surface area contributed by atoms with Crippen molar-refractivity contribution in [2.45, 2.75) is 25.8 Å². The highest BCUT2D eigenvalue weighted by atomic mass is 16.4. The van der Waals surface area contributed by atoms with Crippen LogP contribution in [0.2, 0.25) is 0 Å². The first kappa shape index (κ1) is 19.9. The summed E-state index contributed by atoms with van der Waals surface area (Å²) in [6, 6.07) is 12.7. The van der Waals surface area contributed by atoms with Gasteiger partial charge in [-0.05, 0) is 74.3 Å². The maximum Gasteiger partial charge on any atom is 0.335 e. The lowest BCUT2D eigenvalue weighted by molar-refractivity contribution is 0.0697. The number of aromatic carboxylic acids is 1. The SMILES string of the molecule is CN(C)CCN(Cc1ccc(C(=O)O)cc1)C(=O)Nc1ccc2c(c1)CCC2. The van der Waals surface area contributed by atoms with Crippen LogP contribution in [0.5, 0.6) is 0 Å². The van der Waals surface area contributed by atoms with Crippen LogP contribution in [0.4, 0.5) is 10.5 Å². The largest absolute Gasteiger partial charge is 0.478 e. The third-order valence-electron chi connectivity index (χ3n) is 5.03. The summed E-state index contributed by atoms with van der Waals surface area (Å²) in [4.78, 5) is 27.7. The number of hydrogen-bond donors (Lipinski definition) is 2. The van der Waals surface area contributed by atoms with Crippen molar-refractivity contribution in [3.63, 3.8) is 0 Å². The van der Waals surface area contributed by atoms with E-state index in [0.717, 1.165) is 30.6 Å². The molecule has 6 nitrogen and oxygen atoms in total. The predicted octanol–water partition coefficient (Wildman–Crippen LogP) is 3.47. The molecule has 3 rings (SSSR count). The zero-order valence-electron chi connectivity index (χ0n) is 16.4. The van der Waals surface area contributed by atoms with E-state index in [-0.39, 0.29) is 11.6 Å². The second-order valence-corrected chi connectivity index (χ2v) is 7.49. The van der Waals surface area contributed by atoms with Crippen LogP contribution in [0, 0.1) is 0 Å². The molecule has 6 heteroatoms. The minimum atomic E-state index is -0.953. The standard InChI is InChI=1S/C22H27N3O3/c1-24(2)12-13-25(15-16-6-8-18(9-7-16)21(26)27)22(28)23-20-11-10-17-4-3-5-19(17)14-20/h6-11,14H,3-5,12-13,15H2,1-2H3,(H,23,28)(H,26,27). The molecule has 2 aromatic carbocycles. The van der Waals surface area contributed by atoms with Gasteiger partial charge >= 0.3 is 12.0 Å². The highest BCUT2D eigenvalue weighted by Gasteiger charge is 2.17. The lowest BCUT2D eigenvalue weighted by Gasteiger charge is -2.25. The molecule has 0 radical (unpaired) electrons. The van der Waals surface area contributed by atoms with Gasteiger partial charge in [-0.25, -0.2) is 9.59 Å². The van der Waals surface area contributed by atoms with Crippen LogP contribution in [0.3, 0.4) is 0 Å². The number of nitrogens with zero attached hydrogens (tertiary/aromatic N) is 2. The lowest BCUT2D eigenvalue weighted by Crippen LogP contribution is -2.39. The van der Waals surface area contributed by atoms with Gasteiger partial charge in [0.15, 0.2) is 0 Å². The molecule has 0 aliphatic heterocycles. The summed E-state index contributed by atoms with van der Waals surface area (Å²) in [5.74, 6) is -0.953. The van der Waals surface area contributed by atoms with E-state index in [4.69, 9.17) is 5.11 Å². The van der Waals surface area contributed by atoms with Crippen molar-refractivity contribution >= 4 is 17.7 Å². The van der Waals surface area contributed by atoms with Crippen LogP contribution in [0.1, 0.15) is 33.5 Å². The minimum Gasteiger partial charge on any atom is -0.478 e. The Kier molecular flexibility index (Phi) is 6.31. The van der Waals surface area contributed by atoms with E-state index in [1.807, 2.05) is 25.1 Å². The van der Waals surface area contributed by atoms with Gasteiger partial charge in [-0.3, -0.25) is 0 Å². The van der Waals surface area contributed by atoms with Gasteiger partial charge in [0.25, 0.3) is 0 Å². The van der Waals surface area contributed by atoms with E-state index in [0.29, 0.717) is 13.1 Å². The summed E-state index contributed by atoms with van der Waals surface area (Å²) in [6.07, 6.45) is 3.36. The molecule has 1 aliphatic carbocycles. The smallest absolute Gasteiger partial charge is 0.335 e. The topological polar surface area (TPSA) is 72.9 Å². The van der Waals surface area contributed by atoms with E-state index < -0.39 is 5.97 Å². The van der Waals surface area contributed by atoms with Crippen LogP contribution in [-0.2, 0) is 19.4 Å². The number of rotatable bonds is 7. The minimum absolute atomic E-state index is 0.151. The van der Waals surface area contributed by atoms with E-state index in [9.17, 15) is 9.59 Å². The van der Waals surface area contributed by atoms with E-state index in [1.165, 1.54) is 17.5 Å². The maximum absolute atomic E-state index is 12.9. The Bertz CT molecular complexity index is 847. The van der Waals surface area contributed by atoms with Gasteiger partial charge in [-0.2, -0.15) is 0 Å². The molecule has 0 fully saturated rings. The van der Waals surface area contributed by atoms with E-state index in [1.54, 1.807) is 29.2 Å². The van der Waals surface area contributed by atoms with Crippen molar-refractivity contribution in [1.82, 2.24) is 9.80 Å². The molecule has 0 saturated carbocycles. The molecule has 28 heavy (non-hydrogen) atoms. The highest BCUT2D eigenvalue weighted by molar-refractivity contribution is 5.89. The van der Waals surface area contributed by atoms with Gasteiger partial charge in [0.1, 0.15) is 0 Å². The average molecular weight is 381 g/mol. The molecular formula is C22H27N3O3. The number of anilines is 1. The Morgan fingerprint density at radius 2 is 1.71 bits per heavy atom. The van der Waals surface area contributed by atoms with Crippen LogP contribution in [0.25, 0.3) is 0 Å². The summed E-state index contributed by atoms with van der Waals surface area (Å²) in [7, 11) is 3.94. The van der Waals surface area contributed by atoms with Crippen molar-refractivity contribution in [2.75, 3.05) is 32.5 Å². The molecule has 0 unspecified atom stereocenters. The van der Waals surface area contributed by atoms with Crippen molar-refractivity contribution in [1.29, 1.82) is 0 Å². The first-order chi connectivity index (χ1) is 13.4. The summed E-state index contributed by atoms with van der Waals surface area (Å²) < 4.78 is 0. The molecule has 0 heterocycles. The summed E-state index contributed by atoms with van der Waals surface area (Å²) >= 11 is 0. The number of aryl methyl sites for hydroxylation is 2. The third-order valence-corrected chi connectivity index (χ3v) is 5.03. The number of carbonyl (C=O) groups excluding carboxylic acids is 1. The second-order valence-electron chi connectivity index (χ2n) is 7.49. The number of hydrogen-bond acceptors (Lipinski definition) is 3. The Morgan fingerprint density at radius 1 is 1.00 bits per heavy atom. The number of carbonyl (C=O) groups is 2. The van der Waals surface area contributed by atoms with Gasteiger partial charge in [0, 0.05) is 25.3 Å². The second kappa shape index (κ2) is 8.89. The predicted molar refractivity (Wildman–Crippen MR) is 110 cm³/mol. The highest BCUT2D eigenvalue weighted by Crippen LogP contribution is 2.25. The fourth-order valence-corrected chi connectivity index (χ4v) is 3.40. The Hall–Kier alpha value is -2.86. The number of fused-ring (bicyclic) bond motifs is 1. The molecule has 2 aromatic rings. The van der Waals surface area contributed by atoms with Crippen molar-refractivity contribution in [2.24, 2.45) is 0 Å². The molecule has 2 amide bonds. The summed E-state index contributed by atoms with van der Waals surface area (Å²) in [5.41, 5.74) is 4.66. The number of benzene rings is 2.